The van der Waals surface area contributed by atoms with Gasteiger partial charge in [0, 0.05) is 24.5 Å². The summed E-state index contributed by atoms with van der Waals surface area (Å²) in [5.41, 5.74) is 2.04. The van der Waals surface area contributed by atoms with E-state index >= 15 is 0 Å². The van der Waals surface area contributed by atoms with Crippen molar-refractivity contribution in [1.82, 2.24) is 10.2 Å². The largest absolute Gasteiger partial charge is 0.489 e. The minimum Gasteiger partial charge on any atom is -0.489 e. The third-order valence-electron chi connectivity index (χ3n) is 7.48. The van der Waals surface area contributed by atoms with E-state index in [1.807, 2.05) is 90.1 Å². The molecule has 7 nitrogen and oxygen atoms in total. The fourth-order valence-electron chi connectivity index (χ4n) is 5.56. The summed E-state index contributed by atoms with van der Waals surface area (Å²) < 4.78 is 17.4. The lowest BCUT2D eigenvalue weighted by atomic mass is 9.60. The Bertz CT molecular complexity index is 1280. The molecule has 0 radical (unpaired) electrons. The van der Waals surface area contributed by atoms with Gasteiger partial charge >= 0.3 is 6.09 Å². The van der Waals surface area contributed by atoms with Crippen LogP contribution in [-0.2, 0) is 11.3 Å². The molecule has 1 aromatic heterocycles. The smallest absolute Gasteiger partial charge is 0.410 e. The van der Waals surface area contributed by atoms with Gasteiger partial charge in [0.2, 0.25) is 0 Å². The Morgan fingerprint density at radius 3 is 2.36 bits per heavy atom. The molecule has 2 amide bonds. The summed E-state index contributed by atoms with van der Waals surface area (Å²) in [7, 11) is 0. The Labute approximate surface area is 231 Å². The van der Waals surface area contributed by atoms with Crippen molar-refractivity contribution < 1.29 is 23.5 Å². The highest BCUT2D eigenvalue weighted by atomic mass is 16.6. The number of carbonyl (C=O) groups excluding carboxylic acids is 2. The summed E-state index contributed by atoms with van der Waals surface area (Å²) in [6, 6.07) is 15.7. The van der Waals surface area contributed by atoms with E-state index in [0.29, 0.717) is 42.4 Å². The zero-order valence-corrected chi connectivity index (χ0v) is 24.1. The number of hydrogen-bond acceptors (Lipinski definition) is 5. The number of piperidine rings is 1. The van der Waals surface area contributed by atoms with Gasteiger partial charge in [-0.15, -0.1) is 0 Å². The van der Waals surface area contributed by atoms with Crippen molar-refractivity contribution >= 4 is 23.0 Å². The molecule has 1 N–H and O–H groups in total. The summed E-state index contributed by atoms with van der Waals surface area (Å²) in [6.45, 7) is 13.4. The summed E-state index contributed by atoms with van der Waals surface area (Å²) in [4.78, 5) is 27.5. The van der Waals surface area contributed by atoms with Gasteiger partial charge in [0.1, 0.15) is 29.3 Å². The van der Waals surface area contributed by atoms with Gasteiger partial charge in [-0.25, -0.2) is 4.79 Å². The van der Waals surface area contributed by atoms with E-state index in [2.05, 4.69) is 5.32 Å². The first-order chi connectivity index (χ1) is 18.6. The first-order valence-electron chi connectivity index (χ1n) is 14.1. The van der Waals surface area contributed by atoms with Gasteiger partial charge in [0.25, 0.3) is 5.91 Å². The van der Waals surface area contributed by atoms with E-state index in [1.165, 1.54) is 0 Å². The maximum atomic E-state index is 13.3. The van der Waals surface area contributed by atoms with Gasteiger partial charge in [-0.05, 0) is 82.6 Å². The average Bonchev–Trinajstić information content (AvgIpc) is 3.22. The van der Waals surface area contributed by atoms with Crippen molar-refractivity contribution in [3.63, 3.8) is 0 Å². The Morgan fingerprint density at radius 1 is 1.05 bits per heavy atom. The molecule has 2 heterocycles. The topological polar surface area (TPSA) is 81.0 Å². The molecule has 2 aromatic carbocycles. The van der Waals surface area contributed by atoms with Crippen LogP contribution < -0.4 is 10.1 Å². The molecule has 3 aromatic rings. The molecule has 2 fully saturated rings. The molecule has 2 aliphatic rings. The van der Waals surface area contributed by atoms with Crippen LogP contribution in [0.1, 0.15) is 82.0 Å². The molecule has 1 saturated carbocycles. The summed E-state index contributed by atoms with van der Waals surface area (Å²) in [5.74, 6) is 1.19. The number of aryl methyl sites for hydroxylation is 1. The van der Waals surface area contributed by atoms with Gasteiger partial charge in [-0.1, -0.05) is 44.2 Å². The lowest BCUT2D eigenvalue weighted by Gasteiger charge is -2.52. The van der Waals surface area contributed by atoms with Crippen LogP contribution in [0, 0.1) is 12.3 Å². The molecule has 1 aliphatic carbocycles. The van der Waals surface area contributed by atoms with Crippen molar-refractivity contribution in [3.05, 3.63) is 65.4 Å². The molecule has 1 saturated heterocycles. The number of likely N-dealkylation sites (tertiary alicyclic amines) is 1. The number of amides is 2. The van der Waals surface area contributed by atoms with Gasteiger partial charge < -0.3 is 24.1 Å². The minimum atomic E-state index is -0.484. The second kappa shape index (κ2) is 11.7. The predicted octanol–water partition coefficient (Wildman–Crippen LogP) is 7.26. The van der Waals surface area contributed by atoms with Crippen LogP contribution in [0.5, 0.6) is 5.75 Å². The van der Waals surface area contributed by atoms with E-state index in [0.717, 1.165) is 36.6 Å². The highest BCUT2D eigenvalue weighted by molar-refractivity contribution is 6.07. The second-order valence-electron chi connectivity index (χ2n) is 11.5. The summed E-state index contributed by atoms with van der Waals surface area (Å²) >= 11 is 0. The average molecular weight is 535 g/mol. The number of fused-ring (bicyclic) bond motifs is 1. The van der Waals surface area contributed by atoms with Crippen molar-refractivity contribution in [1.29, 1.82) is 0 Å². The molecule has 5 rings (SSSR count). The lowest BCUT2D eigenvalue weighted by molar-refractivity contribution is -0.0151. The van der Waals surface area contributed by atoms with Gasteiger partial charge in [0.05, 0.1) is 5.56 Å². The zero-order valence-electron chi connectivity index (χ0n) is 24.1. The van der Waals surface area contributed by atoms with Crippen molar-refractivity contribution in [2.45, 2.75) is 85.5 Å². The summed E-state index contributed by atoms with van der Waals surface area (Å²) in [5, 5.41) is 3.98. The van der Waals surface area contributed by atoms with Crippen LogP contribution >= 0.6 is 0 Å². The van der Waals surface area contributed by atoms with E-state index < -0.39 is 5.60 Å². The molecule has 1 aliphatic heterocycles. The third-order valence-corrected chi connectivity index (χ3v) is 7.48. The molecule has 0 unspecified atom stereocenters. The van der Waals surface area contributed by atoms with Crippen LogP contribution in [0.25, 0.3) is 11.0 Å². The van der Waals surface area contributed by atoms with Crippen LogP contribution in [-0.4, -0.2) is 41.6 Å². The SMILES string of the molecule is CC.Cc1oc2ccc(OCc3ccccc3)cc2c1C(=O)NC1CC2(CCN(C(=O)OC(C)(C)C)CC2)C1. The van der Waals surface area contributed by atoms with E-state index in [9.17, 15) is 9.59 Å². The quantitative estimate of drug-likeness (QED) is 0.373. The molecule has 39 heavy (non-hydrogen) atoms. The highest BCUT2D eigenvalue weighted by Crippen LogP contribution is 2.49. The molecular formula is C32H42N2O5. The highest BCUT2D eigenvalue weighted by Gasteiger charge is 2.47. The fraction of sp³-hybridized carbons (Fsp3) is 0.500. The van der Waals surface area contributed by atoms with Gasteiger partial charge in [-0.3, -0.25) is 4.79 Å². The maximum absolute atomic E-state index is 13.3. The number of hydrogen-bond donors (Lipinski definition) is 1. The number of ether oxygens (including phenoxy) is 2. The molecule has 7 heteroatoms. The number of carbonyl (C=O) groups is 2. The van der Waals surface area contributed by atoms with E-state index in [1.54, 1.807) is 4.90 Å². The normalized spacial score (nSPS) is 16.7. The number of nitrogens with one attached hydrogen (secondary N) is 1. The number of furan rings is 1. The van der Waals surface area contributed by atoms with E-state index in [-0.39, 0.29) is 23.5 Å². The van der Waals surface area contributed by atoms with Crippen molar-refractivity contribution in [3.8, 4) is 5.75 Å². The monoisotopic (exact) mass is 534 g/mol. The summed E-state index contributed by atoms with van der Waals surface area (Å²) in [6.07, 6.45) is 3.51. The number of nitrogens with zero attached hydrogens (tertiary/aromatic N) is 1. The Morgan fingerprint density at radius 2 is 1.72 bits per heavy atom. The number of rotatable bonds is 5. The minimum absolute atomic E-state index is 0.109. The predicted molar refractivity (Wildman–Crippen MR) is 153 cm³/mol. The van der Waals surface area contributed by atoms with Gasteiger partial charge in [0.15, 0.2) is 0 Å². The standard InChI is InChI=1S/C30H36N2O5.C2H6/c1-20-26(24-16-23(10-11-25(24)36-20)35-19-21-8-6-5-7-9-21)27(33)31-22-17-30(18-22)12-14-32(15-13-30)28(34)37-29(2,3)4;1-2/h5-11,16,22H,12-15,17-19H2,1-4H3,(H,31,33);1-2H3. The first-order valence-corrected chi connectivity index (χ1v) is 14.1. The van der Waals surface area contributed by atoms with Crippen LogP contribution in [0.15, 0.2) is 52.9 Å². The fourth-order valence-corrected chi connectivity index (χ4v) is 5.56. The van der Waals surface area contributed by atoms with E-state index in [4.69, 9.17) is 13.9 Å². The lowest BCUT2D eigenvalue weighted by Crippen LogP contribution is -2.55. The third kappa shape index (κ3) is 6.75. The van der Waals surface area contributed by atoms with Crippen LogP contribution in [0.3, 0.4) is 0 Å². The molecule has 210 valence electrons. The van der Waals surface area contributed by atoms with Crippen LogP contribution in [0.2, 0.25) is 0 Å². The maximum Gasteiger partial charge on any atom is 0.410 e. The van der Waals surface area contributed by atoms with Crippen molar-refractivity contribution in [2.24, 2.45) is 5.41 Å². The molecule has 0 bridgehead atoms. The number of benzene rings is 2. The molecular weight excluding hydrogens is 492 g/mol. The second-order valence-corrected chi connectivity index (χ2v) is 11.5. The molecule has 1 spiro atoms. The Balaban J connectivity index is 0.00000172. The van der Waals surface area contributed by atoms with Crippen molar-refractivity contribution in [2.75, 3.05) is 13.1 Å². The Kier molecular flexibility index (Phi) is 8.57. The molecule has 0 atom stereocenters. The van der Waals surface area contributed by atoms with Gasteiger partial charge in [-0.2, -0.15) is 0 Å². The first kappa shape index (κ1) is 28.5. The van der Waals surface area contributed by atoms with Crippen LogP contribution in [0.4, 0.5) is 4.79 Å². The zero-order chi connectivity index (χ0) is 28.2. The Hall–Kier alpha value is -3.48.